The van der Waals surface area contributed by atoms with Crippen LogP contribution in [0.15, 0.2) is 24.5 Å². The molecule has 2 unspecified atom stereocenters. The molecule has 2 fully saturated rings. The molecule has 4 nitrogen and oxygen atoms in total. The van der Waals surface area contributed by atoms with E-state index in [2.05, 4.69) is 10.3 Å². The summed E-state index contributed by atoms with van der Waals surface area (Å²) in [5, 5.41) is 14.2. The summed E-state index contributed by atoms with van der Waals surface area (Å²) in [7, 11) is 0. The summed E-state index contributed by atoms with van der Waals surface area (Å²) >= 11 is 0. The van der Waals surface area contributed by atoms with Gasteiger partial charge in [-0.15, -0.1) is 0 Å². The summed E-state index contributed by atoms with van der Waals surface area (Å²) in [5.74, 6) is 0. The molecule has 2 saturated heterocycles. The summed E-state index contributed by atoms with van der Waals surface area (Å²) in [4.78, 5) is 4.10. The molecule has 17 heavy (non-hydrogen) atoms. The fraction of sp³-hybridized carbons (Fsp3) is 0.615. The van der Waals surface area contributed by atoms with Gasteiger partial charge in [0.05, 0.1) is 18.8 Å². The van der Waals surface area contributed by atoms with Crippen LogP contribution >= 0.6 is 0 Å². The van der Waals surface area contributed by atoms with Crippen LogP contribution in [0.2, 0.25) is 0 Å². The molecule has 2 aliphatic heterocycles. The van der Waals surface area contributed by atoms with Crippen LogP contribution < -0.4 is 5.32 Å². The van der Waals surface area contributed by atoms with Gasteiger partial charge in [0.2, 0.25) is 0 Å². The Labute approximate surface area is 101 Å². The van der Waals surface area contributed by atoms with Gasteiger partial charge in [0, 0.05) is 30.9 Å². The Morgan fingerprint density at radius 3 is 2.82 bits per heavy atom. The zero-order valence-corrected chi connectivity index (χ0v) is 9.80. The molecule has 2 bridgehead atoms. The summed E-state index contributed by atoms with van der Waals surface area (Å²) < 4.78 is 5.49. The molecule has 92 valence electrons. The molecule has 2 atom stereocenters. The van der Waals surface area contributed by atoms with Crippen LogP contribution in [0.5, 0.6) is 0 Å². The molecule has 3 heterocycles. The van der Waals surface area contributed by atoms with E-state index in [1.165, 1.54) is 0 Å². The Bertz CT molecular complexity index is 370. The molecule has 0 saturated carbocycles. The third-order valence-electron chi connectivity index (χ3n) is 3.62. The number of aromatic nitrogens is 1. The molecule has 4 heteroatoms. The number of hydrogen-bond acceptors (Lipinski definition) is 4. The lowest BCUT2D eigenvalue weighted by atomic mass is 9.79. The first kappa shape index (κ1) is 11.1. The van der Waals surface area contributed by atoms with Gasteiger partial charge >= 0.3 is 0 Å². The van der Waals surface area contributed by atoms with Crippen LogP contribution in [0.3, 0.4) is 0 Å². The molecule has 0 radical (unpaired) electrons. The average Bonchev–Trinajstić information content (AvgIpc) is 2.28. The third-order valence-corrected chi connectivity index (χ3v) is 3.62. The van der Waals surface area contributed by atoms with Crippen molar-refractivity contribution in [3.05, 3.63) is 30.1 Å². The Balaban J connectivity index is 1.73. The van der Waals surface area contributed by atoms with E-state index in [0.717, 1.165) is 18.4 Å². The molecule has 0 aliphatic carbocycles. The quantitative estimate of drug-likeness (QED) is 0.782. The number of fused-ring (bicyclic) bond motifs is 2. The molecule has 0 amide bonds. The van der Waals surface area contributed by atoms with Crippen LogP contribution in [-0.2, 0) is 11.2 Å². The number of pyridine rings is 1. The average molecular weight is 234 g/mol. The van der Waals surface area contributed by atoms with Gasteiger partial charge in [0.15, 0.2) is 0 Å². The maximum Gasteiger partial charge on any atom is 0.0719 e. The zero-order valence-electron chi connectivity index (χ0n) is 9.80. The van der Waals surface area contributed by atoms with Gasteiger partial charge in [-0.3, -0.25) is 4.98 Å². The van der Waals surface area contributed by atoms with Crippen LogP contribution in [0.1, 0.15) is 18.4 Å². The molecule has 3 rings (SSSR count). The van der Waals surface area contributed by atoms with Crippen molar-refractivity contribution >= 4 is 0 Å². The predicted molar refractivity (Wildman–Crippen MR) is 63.7 cm³/mol. The highest BCUT2D eigenvalue weighted by Gasteiger charge is 2.41. The number of aliphatic hydroxyl groups is 1. The van der Waals surface area contributed by atoms with Gasteiger partial charge in [-0.2, -0.15) is 0 Å². The Morgan fingerprint density at radius 1 is 1.41 bits per heavy atom. The highest BCUT2D eigenvalue weighted by Crippen LogP contribution is 2.30. The molecule has 0 spiro atoms. The van der Waals surface area contributed by atoms with Crippen molar-refractivity contribution < 1.29 is 9.84 Å². The monoisotopic (exact) mass is 234 g/mol. The van der Waals surface area contributed by atoms with Gasteiger partial charge in [-0.05, 0) is 24.5 Å². The molecule has 2 aliphatic rings. The van der Waals surface area contributed by atoms with E-state index >= 15 is 0 Å². The van der Waals surface area contributed by atoms with Gasteiger partial charge in [-0.1, -0.05) is 6.07 Å². The topological polar surface area (TPSA) is 54.4 Å². The van der Waals surface area contributed by atoms with Crippen LogP contribution in [0.4, 0.5) is 0 Å². The van der Waals surface area contributed by atoms with Crippen molar-refractivity contribution in [1.82, 2.24) is 10.3 Å². The van der Waals surface area contributed by atoms with E-state index in [-0.39, 0.29) is 0 Å². The Morgan fingerprint density at radius 2 is 2.18 bits per heavy atom. The second kappa shape index (κ2) is 4.37. The second-order valence-electron chi connectivity index (χ2n) is 5.27. The minimum absolute atomic E-state index is 0.296. The highest BCUT2D eigenvalue weighted by molar-refractivity contribution is 5.13. The number of rotatable bonds is 2. The van der Waals surface area contributed by atoms with Crippen LogP contribution in [0, 0.1) is 0 Å². The largest absolute Gasteiger partial charge is 0.389 e. The normalized spacial score (nSPS) is 36.8. The van der Waals surface area contributed by atoms with E-state index in [9.17, 15) is 5.11 Å². The fourth-order valence-corrected chi connectivity index (χ4v) is 3.05. The maximum absolute atomic E-state index is 10.7. The van der Waals surface area contributed by atoms with Gasteiger partial charge in [0.1, 0.15) is 0 Å². The Hall–Kier alpha value is -0.970. The van der Waals surface area contributed by atoms with Crippen molar-refractivity contribution in [3.63, 3.8) is 0 Å². The summed E-state index contributed by atoms with van der Waals surface area (Å²) in [6, 6.07) is 4.54. The maximum atomic E-state index is 10.7. The first-order valence-corrected chi connectivity index (χ1v) is 6.19. The fourth-order valence-electron chi connectivity index (χ4n) is 3.05. The zero-order chi connectivity index (χ0) is 11.7. The van der Waals surface area contributed by atoms with E-state index in [1.807, 2.05) is 18.3 Å². The van der Waals surface area contributed by atoms with Crippen molar-refractivity contribution in [2.24, 2.45) is 0 Å². The van der Waals surface area contributed by atoms with Crippen molar-refractivity contribution in [2.45, 2.75) is 36.9 Å². The summed E-state index contributed by atoms with van der Waals surface area (Å²) in [5.41, 5.74) is 0.504. The first-order chi connectivity index (χ1) is 8.23. The van der Waals surface area contributed by atoms with Crippen LogP contribution in [0.25, 0.3) is 0 Å². The lowest BCUT2D eigenvalue weighted by molar-refractivity contribution is -0.0755. The molecule has 2 N–H and O–H groups in total. The van der Waals surface area contributed by atoms with Crippen molar-refractivity contribution in [2.75, 3.05) is 13.2 Å². The standard InChI is InChI=1S/C13H18N2O2/c16-13(4-10-2-1-3-14-7-10)5-11-8-17-9-12(6-13)15-11/h1-3,7,11-12,15-16H,4-6,8-9H2. The van der Waals surface area contributed by atoms with Gasteiger partial charge in [0.25, 0.3) is 0 Å². The minimum atomic E-state index is -0.604. The highest BCUT2D eigenvalue weighted by atomic mass is 16.5. The molecular weight excluding hydrogens is 216 g/mol. The van der Waals surface area contributed by atoms with Crippen molar-refractivity contribution in [3.8, 4) is 0 Å². The number of ether oxygens (including phenoxy) is 1. The van der Waals surface area contributed by atoms with Crippen LogP contribution in [-0.4, -0.2) is 41.0 Å². The van der Waals surface area contributed by atoms with E-state index in [0.29, 0.717) is 31.7 Å². The molecule has 1 aromatic rings. The molecule has 0 aromatic carbocycles. The molecular formula is C13H18N2O2. The number of nitrogens with one attached hydrogen (secondary N) is 1. The lowest BCUT2D eigenvalue weighted by Crippen LogP contribution is -2.60. The number of piperidine rings is 1. The predicted octanol–water partition coefficient (Wildman–Crippen LogP) is 0.506. The SMILES string of the molecule is OC1(Cc2cccnc2)CC2COCC(C1)N2. The number of hydrogen-bond donors (Lipinski definition) is 2. The first-order valence-electron chi connectivity index (χ1n) is 6.19. The van der Waals surface area contributed by atoms with Gasteiger partial charge < -0.3 is 15.2 Å². The van der Waals surface area contributed by atoms with E-state index in [1.54, 1.807) is 6.20 Å². The smallest absolute Gasteiger partial charge is 0.0719 e. The third kappa shape index (κ3) is 2.49. The number of nitrogens with zero attached hydrogens (tertiary/aromatic N) is 1. The number of morpholine rings is 1. The summed E-state index contributed by atoms with van der Waals surface area (Å²) in [6.45, 7) is 1.43. The second-order valence-corrected chi connectivity index (χ2v) is 5.27. The van der Waals surface area contributed by atoms with E-state index < -0.39 is 5.60 Å². The van der Waals surface area contributed by atoms with E-state index in [4.69, 9.17) is 4.74 Å². The van der Waals surface area contributed by atoms with Gasteiger partial charge in [-0.25, -0.2) is 0 Å². The Kier molecular flexibility index (Phi) is 2.86. The minimum Gasteiger partial charge on any atom is -0.389 e. The molecule has 1 aromatic heterocycles. The summed E-state index contributed by atoms with van der Waals surface area (Å²) in [6.07, 6.45) is 5.82. The van der Waals surface area contributed by atoms with Crippen molar-refractivity contribution in [1.29, 1.82) is 0 Å². The lowest BCUT2D eigenvalue weighted by Gasteiger charge is -2.45.